The van der Waals surface area contributed by atoms with Crippen molar-refractivity contribution in [1.82, 2.24) is 9.88 Å². The molecule has 2 atom stereocenters. The van der Waals surface area contributed by atoms with Gasteiger partial charge in [0, 0.05) is 30.6 Å². The highest BCUT2D eigenvalue weighted by Crippen LogP contribution is 2.33. The Hall–Kier alpha value is -0.490. The first kappa shape index (κ1) is 15.9. The Morgan fingerprint density at radius 3 is 2.90 bits per heavy atom. The quantitative estimate of drug-likeness (QED) is 0.907. The molecule has 0 saturated carbocycles. The topological polar surface area (TPSA) is 51.4 Å². The fraction of sp³-hybridized carbons (Fsp3) is 0.800. The van der Waals surface area contributed by atoms with Gasteiger partial charge < -0.3 is 10.5 Å². The molecule has 0 aliphatic carbocycles. The van der Waals surface area contributed by atoms with Crippen LogP contribution in [0.1, 0.15) is 37.4 Å². The summed E-state index contributed by atoms with van der Waals surface area (Å²) in [6.45, 7) is 8.85. The van der Waals surface area contributed by atoms with Crippen LogP contribution >= 0.6 is 11.3 Å². The van der Waals surface area contributed by atoms with Crippen molar-refractivity contribution < 1.29 is 4.74 Å². The van der Waals surface area contributed by atoms with Crippen molar-refractivity contribution in [3.63, 3.8) is 0 Å². The molecule has 0 amide bonds. The van der Waals surface area contributed by atoms with Crippen molar-refractivity contribution in [1.29, 1.82) is 0 Å². The van der Waals surface area contributed by atoms with Gasteiger partial charge in [0.25, 0.3) is 0 Å². The number of thiazole rings is 1. The van der Waals surface area contributed by atoms with Crippen LogP contribution in [0.15, 0.2) is 5.38 Å². The van der Waals surface area contributed by atoms with Crippen LogP contribution in [0.2, 0.25) is 0 Å². The maximum atomic E-state index is 6.15. The molecule has 114 valence electrons. The summed E-state index contributed by atoms with van der Waals surface area (Å²) in [6, 6.07) is 0. The first-order chi connectivity index (χ1) is 9.47. The van der Waals surface area contributed by atoms with Crippen LogP contribution in [0.4, 0.5) is 0 Å². The second-order valence-electron chi connectivity index (χ2n) is 6.25. The largest absolute Gasteiger partial charge is 0.378 e. The van der Waals surface area contributed by atoms with Gasteiger partial charge in [-0.1, -0.05) is 13.8 Å². The van der Waals surface area contributed by atoms with E-state index >= 15 is 0 Å². The Morgan fingerprint density at radius 1 is 1.60 bits per heavy atom. The van der Waals surface area contributed by atoms with Crippen LogP contribution in [0.5, 0.6) is 0 Å². The van der Waals surface area contributed by atoms with E-state index in [0.717, 1.165) is 36.7 Å². The van der Waals surface area contributed by atoms with Crippen molar-refractivity contribution in [2.45, 2.75) is 51.8 Å². The maximum absolute atomic E-state index is 6.15. The lowest BCUT2D eigenvalue weighted by molar-refractivity contribution is -0.0836. The van der Waals surface area contributed by atoms with Crippen molar-refractivity contribution in [2.75, 3.05) is 20.2 Å². The SMILES string of the molecule is Cc1nc(CN(C)C2(CN)CCOC(C(C)C)C2)cs1. The van der Waals surface area contributed by atoms with Crippen LogP contribution in [0.25, 0.3) is 0 Å². The molecule has 2 rings (SSSR count). The molecule has 1 aromatic heterocycles. The minimum atomic E-state index is 0.0463. The minimum Gasteiger partial charge on any atom is -0.378 e. The molecule has 0 aromatic carbocycles. The Balaban J connectivity index is 2.08. The molecule has 1 aliphatic rings. The molecule has 0 bridgehead atoms. The third kappa shape index (κ3) is 3.39. The van der Waals surface area contributed by atoms with Crippen molar-refractivity contribution in [3.8, 4) is 0 Å². The first-order valence-electron chi connectivity index (χ1n) is 7.41. The van der Waals surface area contributed by atoms with E-state index in [-0.39, 0.29) is 5.54 Å². The summed E-state index contributed by atoms with van der Waals surface area (Å²) in [7, 11) is 2.17. The van der Waals surface area contributed by atoms with Gasteiger partial charge in [-0.2, -0.15) is 0 Å². The van der Waals surface area contributed by atoms with E-state index in [1.54, 1.807) is 11.3 Å². The summed E-state index contributed by atoms with van der Waals surface area (Å²) in [5.41, 5.74) is 7.34. The fourth-order valence-corrected chi connectivity index (χ4v) is 3.55. The van der Waals surface area contributed by atoms with Gasteiger partial charge in [-0.3, -0.25) is 4.90 Å². The summed E-state index contributed by atoms with van der Waals surface area (Å²) < 4.78 is 5.91. The molecule has 2 unspecified atom stereocenters. The predicted octanol–water partition coefficient (Wildman–Crippen LogP) is 2.42. The third-order valence-corrected chi connectivity index (χ3v) is 5.30. The lowest BCUT2D eigenvalue weighted by Gasteiger charge is -2.47. The summed E-state index contributed by atoms with van der Waals surface area (Å²) >= 11 is 1.71. The lowest BCUT2D eigenvalue weighted by Crippen LogP contribution is -2.57. The predicted molar refractivity (Wildman–Crippen MR) is 83.9 cm³/mol. The molecule has 20 heavy (non-hydrogen) atoms. The molecular weight excluding hydrogens is 270 g/mol. The Kier molecular flexibility index (Phi) is 5.18. The highest BCUT2D eigenvalue weighted by Gasteiger charge is 2.40. The average Bonchev–Trinajstić information content (AvgIpc) is 2.84. The summed E-state index contributed by atoms with van der Waals surface area (Å²) in [4.78, 5) is 6.96. The zero-order valence-electron chi connectivity index (χ0n) is 13.1. The van der Waals surface area contributed by atoms with Crippen molar-refractivity contribution in [3.05, 3.63) is 16.1 Å². The Labute approximate surface area is 126 Å². The second kappa shape index (κ2) is 6.52. The lowest BCUT2D eigenvalue weighted by atomic mass is 9.82. The summed E-state index contributed by atoms with van der Waals surface area (Å²) in [6.07, 6.45) is 2.33. The number of nitrogens with two attached hydrogens (primary N) is 1. The van der Waals surface area contributed by atoms with Crippen LogP contribution in [0, 0.1) is 12.8 Å². The zero-order valence-corrected chi connectivity index (χ0v) is 13.9. The van der Waals surface area contributed by atoms with Gasteiger partial charge >= 0.3 is 0 Å². The normalized spacial score (nSPS) is 27.4. The average molecular weight is 297 g/mol. The fourth-order valence-electron chi connectivity index (χ4n) is 2.94. The van der Waals surface area contributed by atoms with E-state index in [1.807, 2.05) is 0 Å². The summed E-state index contributed by atoms with van der Waals surface area (Å²) in [5.74, 6) is 0.538. The van der Waals surface area contributed by atoms with E-state index < -0.39 is 0 Å². The number of aryl methyl sites for hydroxylation is 1. The standard InChI is InChI=1S/C15H27N3OS/c1-11(2)14-7-15(10-16,5-6-19-14)18(4)8-13-9-20-12(3)17-13/h9,11,14H,5-8,10,16H2,1-4H3. The molecule has 0 radical (unpaired) electrons. The van der Waals surface area contributed by atoms with Gasteiger partial charge in [-0.25, -0.2) is 4.98 Å². The number of aromatic nitrogens is 1. The molecule has 5 heteroatoms. The van der Waals surface area contributed by atoms with Crippen LogP contribution in [-0.2, 0) is 11.3 Å². The Morgan fingerprint density at radius 2 is 2.35 bits per heavy atom. The van der Waals surface area contributed by atoms with E-state index in [0.29, 0.717) is 18.6 Å². The number of nitrogens with zero attached hydrogens (tertiary/aromatic N) is 2. The molecular formula is C15H27N3OS. The number of likely N-dealkylation sites (N-methyl/N-ethyl adjacent to an activating group) is 1. The molecule has 2 heterocycles. The van der Waals surface area contributed by atoms with E-state index in [4.69, 9.17) is 10.5 Å². The van der Waals surface area contributed by atoms with Gasteiger partial charge in [0.15, 0.2) is 0 Å². The van der Waals surface area contributed by atoms with Crippen LogP contribution in [-0.4, -0.2) is 41.7 Å². The van der Waals surface area contributed by atoms with Crippen molar-refractivity contribution in [2.24, 2.45) is 11.7 Å². The number of hydrogen-bond acceptors (Lipinski definition) is 5. The van der Waals surface area contributed by atoms with Crippen molar-refractivity contribution >= 4 is 11.3 Å². The Bertz CT molecular complexity index is 435. The molecule has 1 fully saturated rings. The van der Waals surface area contributed by atoms with E-state index in [2.05, 4.69) is 43.1 Å². The van der Waals surface area contributed by atoms with E-state index in [9.17, 15) is 0 Å². The first-order valence-corrected chi connectivity index (χ1v) is 8.29. The van der Waals surface area contributed by atoms with Gasteiger partial charge in [0.1, 0.15) is 0 Å². The third-order valence-electron chi connectivity index (χ3n) is 4.48. The molecule has 1 saturated heterocycles. The smallest absolute Gasteiger partial charge is 0.0897 e. The molecule has 0 spiro atoms. The number of hydrogen-bond donors (Lipinski definition) is 1. The van der Waals surface area contributed by atoms with Gasteiger partial charge in [0.05, 0.1) is 16.8 Å². The zero-order chi connectivity index (χ0) is 14.8. The highest BCUT2D eigenvalue weighted by atomic mass is 32.1. The molecule has 1 aliphatic heterocycles. The monoisotopic (exact) mass is 297 g/mol. The summed E-state index contributed by atoms with van der Waals surface area (Å²) in [5, 5.41) is 3.28. The van der Waals surface area contributed by atoms with Gasteiger partial charge in [-0.15, -0.1) is 11.3 Å². The molecule has 1 aromatic rings. The molecule has 4 nitrogen and oxygen atoms in total. The van der Waals surface area contributed by atoms with Crippen LogP contribution in [0.3, 0.4) is 0 Å². The maximum Gasteiger partial charge on any atom is 0.0897 e. The minimum absolute atomic E-state index is 0.0463. The van der Waals surface area contributed by atoms with Crippen LogP contribution < -0.4 is 5.73 Å². The number of ether oxygens (including phenoxy) is 1. The van der Waals surface area contributed by atoms with Gasteiger partial charge in [-0.05, 0) is 32.7 Å². The molecule has 2 N–H and O–H groups in total. The highest BCUT2D eigenvalue weighted by molar-refractivity contribution is 7.09. The number of rotatable bonds is 5. The van der Waals surface area contributed by atoms with E-state index in [1.165, 1.54) is 0 Å². The second-order valence-corrected chi connectivity index (χ2v) is 7.31. The van der Waals surface area contributed by atoms with Gasteiger partial charge in [0.2, 0.25) is 0 Å².